The largest absolute Gasteiger partial charge is 0.462 e. The van der Waals surface area contributed by atoms with Crippen LogP contribution in [-0.4, -0.2) is 37.2 Å². The maximum absolute atomic E-state index is 12.9. The van der Waals surface area contributed by atoms with Crippen LogP contribution in [-0.2, 0) is 28.6 Å². The summed E-state index contributed by atoms with van der Waals surface area (Å²) in [4.78, 5) is 38.4. The van der Waals surface area contributed by atoms with Crippen molar-refractivity contribution in [2.24, 2.45) is 0 Å². The van der Waals surface area contributed by atoms with Crippen LogP contribution in [0.3, 0.4) is 0 Å². The van der Waals surface area contributed by atoms with E-state index in [4.69, 9.17) is 14.2 Å². The average Bonchev–Trinajstić information content (AvgIpc) is 3.49. The van der Waals surface area contributed by atoms with E-state index in [0.717, 1.165) is 116 Å². The van der Waals surface area contributed by atoms with Gasteiger partial charge < -0.3 is 14.2 Å². The Morgan fingerprint density at radius 1 is 0.253 bits per heavy atom. The van der Waals surface area contributed by atoms with Gasteiger partial charge in [-0.2, -0.15) is 0 Å². The van der Waals surface area contributed by atoms with Crippen LogP contribution in [0, 0.1) is 0 Å². The molecule has 1 unspecified atom stereocenters. The van der Waals surface area contributed by atoms with Gasteiger partial charge in [0, 0.05) is 19.3 Å². The van der Waals surface area contributed by atoms with Crippen molar-refractivity contribution in [1.29, 1.82) is 0 Å². The molecule has 0 amide bonds. The molecule has 0 aliphatic carbocycles. The Bertz CT molecular complexity index is 1660. The third-order valence-electron chi connectivity index (χ3n) is 15.3. The Labute approximate surface area is 514 Å². The molecule has 0 heterocycles. The molecule has 0 bridgehead atoms. The molecule has 6 nitrogen and oxygen atoms in total. The maximum Gasteiger partial charge on any atom is 0.306 e. The Balaban J connectivity index is 4.26. The number of esters is 3. The molecule has 1 atom stereocenters. The van der Waals surface area contributed by atoms with Crippen LogP contribution in [0.25, 0.3) is 0 Å². The highest BCUT2D eigenvalue weighted by molar-refractivity contribution is 5.71. The number of hydrogen-bond acceptors (Lipinski definition) is 6. The summed E-state index contributed by atoms with van der Waals surface area (Å²) in [7, 11) is 0. The Morgan fingerprint density at radius 2 is 0.470 bits per heavy atom. The zero-order chi connectivity index (χ0) is 59.9. The quantitative estimate of drug-likeness (QED) is 0.0261. The summed E-state index contributed by atoms with van der Waals surface area (Å²) in [6.45, 7) is 6.53. The molecular formula is C77H132O6. The fourth-order valence-corrected chi connectivity index (χ4v) is 9.99. The van der Waals surface area contributed by atoms with E-state index in [1.165, 1.54) is 186 Å². The zero-order valence-electron chi connectivity index (χ0n) is 54.7. The predicted octanol–water partition coefficient (Wildman–Crippen LogP) is 24.6. The van der Waals surface area contributed by atoms with Gasteiger partial charge in [0.05, 0.1) is 0 Å². The summed E-state index contributed by atoms with van der Waals surface area (Å²) in [6.07, 6.45) is 96.8. The Morgan fingerprint density at radius 3 is 0.759 bits per heavy atom. The molecule has 83 heavy (non-hydrogen) atoms. The highest BCUT2D eigenvalue weighted by Crippen LogP contribution is 2.17. The molecule has 476 valence electrons. The summed E-state index contributed by atoms with van der Waals surface area (Å²) in [5, 5.41) is 0. The minimum absolute atomic E-state index is 0.0782. The van der Waals surface area contributed by atoms with Crippen LogP contribution in [0.4, 0.5) is 0 Å². The van der Waals surface area contributed by atoms with Crippen molar-refractivity contribution in [2.75, 3.05) is 13.2 Å². The van der Waals surface area contributed by atoms with Crippen molar-refractivity contribution in [3.05, 3.63) is 109 Å². The zero-order valence-corrected chi connectivity index (χ0v) is 54.7. The molecule has 0 aliphatic rings. The smallest absolute Gasteiger partial charge is 0.306 e. The lowest BCUT2D eigenvalue weighted by Crippen LogP contribution is -2.30. The molecule has 0 rings (SSSR count). The van der Waals surface area contributed by atoms with E-state index in [-0.39, 0.29) is 31.1 Å². The van der Waals surface area contributed by atoms with Gasteiger partial charge in [-0.3, -0.25) is 14.4 Å². The van der Waals surface area contributed by atoms with Gasteiger partial charge in [0.15, 0.2) is 6.10 Å². The lowest BCUT2D eigenvalue weighted by atomic mass is 10.0. The summed E-state index contributed by atoms with van der Waals surface area (Å²) < 4.78 is 17.0. The lowest BCUT2D eigenvalue weighted by molar-refractivity contribution is -0.167. The van der Waals surface area contributed by atoms with Crippen molar-refractivity contribution >= 4 is 17.9 Å². The summed E-state index contributed by atoms with van der Waals surface area (Å²) >= 11 is 0. The molecule has 0 aromatic heterocycles. The first-order valence-electron chi connectivity index (χ1n) is 35.4. The summed E-state index contributed by atoms with van der Waals surface area (Å²) in [5.74, 6) is -0.874. The van der Waals surface area contributed by atoms with E-state index in [9.17, 15) is 14.4 Å². The number of carbonyl (C=O) groups is 3. The number of hydrogen-bond donors (Lipinski definition) is 0. The van der Waals surface area contributed by atoms with Crippen molar-refractivity contribution in [3.8, 4) is 0 Å². The SMILES string of the molecule is CC/C=C\C/C=C\C/C=C\C/C=C\C/C=C\C/C=C\C/C=C\CCCCCCCCCCCCCC(=O)OCC(COC(=O)CCCCCCCCCCCCCCCCC)OC(=O)CCCCCCCCC/C=C\C/C=C\CCCCC. The second-order valence-electron chi connectivity index (χ2n) is 23.4. The third kappa shape index (κ3) is 68.7. The number of ether oxygens (including phenoxy) is 3. The van der Waals surface area contributed by atoms with E-state index in [1.54, 1.807) is 0 Å². The molecule has 0 N–H and O–H groups in total. The number of allylic oxidation sites excluding steroid dienone is 18. The first kappa shape index (κ1) is 79.1. The molecule has 0 spiro atoms. The monoisotopic (exact) mass is 1150 g/mol. The van der Waals surface area contributed by atoms with E-state index in [2.05, 4.69) is 130 Å². The molecule has 0 aromatic rings. The number of carbonyl (C=O) groups excluding carboxylic acids is 3. The standard InChI is InChI=1S/C77H132O6/c1-4-7-10-13-16-19-22-25-28-30-31-32-33-34-35-36-37-38-39-40-41-42-43-44-45-47-49-52-55-58-61-64-67-70-76(79)82-73-74(72-81-75(78)69-66-63-60-57-54-51-48-27-24-21-18-15-12-9-6-3)83-77(80)71-68-65-62-59-56-53-50-46-29-26-23-20-17-14-11-8-5-2/h7,10,16-17,19-20,25-26,28-29,31-32,34-35,37-38,40-41,74H,4-6,8-9,11-15,18,21-24,27,30,33,36,39,42-73H2,1-3H3/b10-7-,19-16-,20-17-,28-25-,29-26-,32-31-,35-34-,38-37-,41-40-. The van der Waals surface area contributed by atoms with Crippen LogP contribution in [0.1, 0.15) is 342 Å². The second kappa shape index (κ2) is 70.6. The second-order valence-corrected chi connectivity index (χ2v) is 23.4. The van der Waals surface area contributed by atoms with Crippen LogP contribution >= 0.6 is 0 Å². The first-order chi connectivity index (χ1) is 41.0. The van der Waals surface area contributed by atoms with Crippen LogP contribution in [0.15, 0.2) is 109 Å². The van der Waals surface area contributed by atoms with Crippen molar-refractivity contribution < 1.29 is 28.6 Å². The average molecular weight is 1150 g/mol. The number of unbranched alkanes of at least 4 members (excludes halogenated alkanes) is 35. The van der Waals surface area contributed by atoms with Crippen LogP contribution in [0.5, 0.6) is 0 Å². The molecule has 6 heteroatoms. The Hall–Kier alpha value is -3.93. The van der Waals surface area contributed by atoms with Crippen molar-refractivity contribution in [1.82, 2.24) is 0 Å². The van der Waals surface area contributed by atoms with Crippen LogP contribution < -0.4 is 0 Å². The lowest BCUT2D eigenvalue weighted by Gasteiger charge is -2.18. The highest BCUT2D eigenvalue weighted by atomic mass is 16.6. The molecule has 0 aromatic carbocycles. The third-order valence-corrected chi connectivity index (χ3v) is 15.3. The van der Waals surface area contributed by atoms with Gasteiger partial charge >= 0.3 is 17.9 Å². The van der Waals surface area contributed by atoms with Gasteiger partial charge in [0.1, 0.15) is 13.2 Å². The first-order valence-corrected chi connectivity index (χ1v) is 35.4. The van der Waals surface area contributed by atoms with Gasteiger partial charge in [-0.25, -0.2) is 0 Å². The van der Waals surface area contributed by atoms with Gasteiger partial charge in [-0.05, 0) is 109 Å². The maximum atomic E-state index is 12.9. The van der Waals surface area contributed by atoms with E-state index < -0.39 is 6.10 Å². The number of rotatable bonds is 64. The van der Waals surface area contributed by atoms with E-state index >= 15 is 0 Å². The molecular weight excluding hydrogens is 1020 g/mol. The fourth-order valence-electron chi connectivity index (χ4n) is 9.99. The highest BCUT2D eigenvalue weighted by Gasteiger charge is 2.19. The minimum atomic E-state index is -0.784. The normalized spacial score (nSPS) is 12.8. The summed E-state index contributed by atoms with van der Waals surface area (Å²) in [6, 6.07) is 0. The van der Waals surface area contributed by atoms with Gasteiger partial charge in [-0.1, -0.05) is 323 Å². The van der Waals surface area contributed by atoms with Gasteiger partial charge in [-0.15, -0.1) is 0 Å². The van der Waals surface area contributed by atoms with Gasteiger partial charge in [0.2, 0.25) is 0 Å². The minimum Gasteiger partial charge on any atom is -0.462 e. The van der Waals surface area contributed by atoms with Gasteiger partial charge in [0.25, 0.3) is 0 Å². The molecule has 0 radical (unpaired) electrons. The van der Waals surface area contributed by atoms with E-state index in [1.807, 2.05) is 0 Å². The fraction of sp³-hybridized carbons (Fsp3) is 0.727. The van der Waals surface area contributed by atoms with Crippen molar-refractivity contribution in [3.63, 3.8) is 0 Å². The predicted molar refractivity (Wildman–Crippen MR) is 362 cm³/mol. The summed E-state index contributed by atoms with van der Waals surface area (Å²) in [5.41, 5.74) is 0. The molecule has 0 saturated carbocycles. The molecule has 0 saturated heterocycles. The van der Waals surface area contributed by atoms with Crippen molar-refractivity contribution in [2.45, 2.75) is 348 Å². The Kier molecular flexibility index (Phi) is 67.2. The topological polar surface area (TPSA) is 78.9 Å². The molecule has 0 fully saturated rings. The van der Waals surface area contributed by atoms with E-state index in [0.29, 0.717) is 19.3 Å². The molecule has 0 aliphatic heterocycles. The van der Waals surface area contributed by atoms with Crippen LogP contribution in [0.2, 0.25) is 0 Å².